The van der Waals surface area contributed by atoms with Gasteiger partial charge in [0.15, 0.2) is 0 Å². The van der Waals surface area contributed by atoms with Crippen LogP contribution in [0.25, 0.3) is 10.9 Å². The number of aryl methyl sites for hydroxylation is 1. The molecule has 0 saturated heterocycles. The maximum absolute atomic E-state index is 11.5. The van der Waals surface area contributed by atoms with Crippen molar-refractivity contribution in [1.29, 1.82) is 0 Å². The molecule has 0 saturated carbocycles. The van der Waals surface area contributed by atoms with Crippen molar-refractivity contribution in [3.05, 3.63) is 64.3 Å². The molecule has 3 aromatic rings. The molecule has 0 unspecified atom stereocenters. The molecule has 0 atom stereocenters. The van der Waals surface area contributed by atoms with Crippen LogP contribution in [0.3, 0.4) is 0 Å². The normalized spacial score (nSPS) is 10.8. The summed E-state index contributed by atoms with van der Waals surface area (Å²) in [4.78, 5) is 11.5. The van der Waals surface area contributed by atoms with Gasteiger partial charge in [-0.25, -0.2) is 0 Å². The predicted molar refractivity (Wildman–Crippen MR) is 97.1 cm³/mol. The third kappa shape index (κ3) is 3.46. The number of esters is 1. The van der Waals surface area contributed by atoms with Crippen LogP contribution in [0, 0.1) is 0 Å². The van der Waals surface area contributed by atoms with E-state index in [0.29, 0.717) is 12.4 Å². The number of carbonyl (C=O) groups excluding carboxylic acids is 1. The minimum atomic E-state index is -0.279. The molecular weight excluding hydrogens is 370 g/mol. The van der Waals surface area contributed by atoms with Gasteiger partial charge in [0.05, 0.1) is 13.5 Å². The number of carbonyl (C=O) groups is 1. The Morgan fingerprint density at radius 2 is 2.00 bits per heavy atom. The minimum Gasteiger partial charge on any atom is -0.489 e. The molecule has 0 bridgehead atoms. The van der Waals surface area contributed by atoms with Gasteiger partial charge in [0.25, 0.3) is 0 Å². The molecule has 0 aliphatic heterocycles. The number of halogens is 1. The van der Waals surface area contributed by atoms with Crippen molar-refractivity contribution in [1.82, 2.24) is 4.57 Å². The van der Waals surface area contributed by atoms with Gasteiger partial charge in [-0.1, -0.05) is 34.1 Å². The Balaban J connectivity index is 1.81. The van der Waals surface area contributed by atoms with Crippen molar-refractivity contribution < 1.29 is 14.3 Å². The summed E-state index contributed by atoms with van der Waals surface area (Å²) in [5.41, 5.74) is 3.03. The molecular formula is C19H18BrNO3. The number of nitrogens with zero attached hydrogens (tertiary/aromatic N) is 1. The summed E-state index contributed by atoms with van der Waals surface area (Å²) in [6.45, 7) is 0.428. The Kier molecular flexibility index (Phi) is 4.90. The summed E-state index contributed by atoms with van der Waals surface area (Å²) in [7, 11) is 3.41. The van der Waals surface area contributed by atoms with Crippen LogP contribution in [0.4, 0.5) is 0 Å². The van der Waals surface area contributed by atoms with Crippen LogP contribution in [-0.4, -0.2) is 17.6 Å². The van der Waals surface area contributed by atoms with Gasteiger partial charge in [0, 0.05) is 34.2 Å². The van der Waals surface area contributed by atoms with Crippen LogP contribution < -0.4 is 4.74 Å². The van der Waals surface area contributed by atoms with Gasteiger partial charge in [0.2, 0.25) is 0 Å². The molecule has 4 nitrogen and oxygen atoms in total. The summed E-state index contributed by atoms with van der Waals surface area (Å²) < 4.78 is 13.8. The van der Waals surface area contributed by atoms with Gasteiger partial charge >= 0.3 is 5.97 Å². The van der Waals surface area contributed by atoms with Gasteiger partial charge in [-0.15, -0.1) is 0 Å². The molecule has 0 aliphatic rings. The van der Waals surface area contributed by atoms with E-state index in [1.54, 1.807) is 0 Å². The van der Waals surface area contributed by atoms with Crippen molar-refractivity contribution in [3.63, 3.8) is 0 Å². The number of methoxy groups -OCH3 is 1. The molecule has 24 heavy (non-hydrogen) atoms. The third-order valence-electron chi connectivity index (χ3n) is 3.94. The SMILES string of the molecule is COC(=O)Cc1ccccc1OCc1cc(Br)c2ccn(C)c2c1. The number of hydrogen-bond donors (Lipinski definition) is 0. The molecule has 2 aromatic carbocycles. The Labute approximate surface area is 149 Å². The quantitative estimate of drug-likeness (QED) is 0.614. The fourth-order valence-corrected chi connectivity index (χ4v) is 3.27. The van der Waals surface area contributed by atoms with E-state index in [-0.39, 0.29) is 12.4 Å². The first kappa shape index (κ1) is 16.6. The first-order valence-electron chi connectivity index (χ1n) is 7.59. The lowest BCUT2D eigenvalue weighted by molar-refractivity contribution is -0.139. The zero-order valence-electron chi connectivity index (χ0n) is 13.6. The lowest BCUT2D eigenvalue weighted by Crippen LogP contribution is -2.06. The van der Waals surface area contributed by atoms with E-state index < -0.39 is 0 Å². The van der Waals surface area contributed by atoms with Crippen LogP contribution in [0.5, 0.6) is 5.75 Å². The number of aromatic nitrogens is 1. The van der Waals surface area contributed by atoms with Gasteiger partial charge in [-0.2, -0.15) is 0 Å². The topological polar surface area (TPSA) is 40.5 Å². The second-order valence-corrected chi connectivity index (χ2v) is 6.44. The van der Waals surface area contributed by atoms with E-state index in [0.717, 1.165) is 21.1 Å². The molecule has 1 heterocycles. The Morgan fingerprint density at radius 3 is 2.79 bits per heavy atom. The van der Waals surface area contributed by atoms with Crippen molar-refractivity contribution in [2.75, 3.05) is 7.11 Å². The molecule has 0 radical (unpaired) electrons. The van der Waals surface area contributed by atoms with Gasteiger partial charge in [0.1, 0.15) is 12.4 Å². The molecule has 124 valence electrons. The van der Waals surface area contributed by atoms with Gasteiger partial charge in [-0.3, -0.25) is 4.79 Å². The molecule has 0 fully saturated rings. The Bertz CT molecular complexity index is 885. The number of para-hydroxylation sites is 1. The van der Waals surface area contributed by atoms with Crippen LogP contribution in [0.15, 0.2) is 53.1 Å². The van der Waals surface area contributed by atoms with E-state index in [2.05, 4.69) is 38.7 Å². The average molecular weight is 388 g/mol. The summed E-state index contributed by atoms with van der Waals surface area (Å²) in [5, 5.41) is 1.17. The van der Waals surface area contributed by atoms with Gasteiger partial charge in [-0.05, 0) is 29.8 Å². The summed E-state index contributed by atoms with van der Waals surface area (Å²) in [5.74, 6) is 0.421. The maximum atomic E-state index is 11.5. The van der Waals surface area contributed by atoms with Gasteiger partial charge < -0.3 is 14.0 Å². The van der Waals surface area contributed by atoms with Crippen LogP contribution in [-0.2, 0) is 29.6 Å². The first-order valence-corrected chi connectivity index (χ1v) is 8.39. The summed E-state index contributed by atoms with van der Waals surface area (Å²) in [6, 6.07) is 13.8. The molecule has 0 aliphatic carbocycles. The third-order valence-corrected chi connectivity index (χ3v) is 4.60. The lowest BCUT2D eigenvalue weighted by atomic mass is 10.1. The highest BCUT2D eigenvalue weighted by Gasteiger charge is 2.10. The van der Waals surface area contributed by atoms with E-state index in [1.165, 1.54) is 12.5 Å². The lowest BCUT2D eigenvalue weighted by Gasteiger charge is -2.12. The van der Waals surface area contributed by atoms with E-state index >= 15 is 0 Å². The monoisotopic (exact) mass is 387 g/mol. The highest BCUT2D eigenvalue weighted by atomic mass is 79.9. The van der Waals surface area contributed by atoms with E-state index in [1.807, 2.05) is 37.5 Å². The van der Waals surface area contributed by atoms with Crippen LogP contribution in [0.2, 0.25) is 0 Å². The minimum absolute atomic E-state index is 0.202. The molecule has 1 aromatic heterocycles. The fourth-order valence-electron chi connectivity index (χ4n) is 2.64. The van der Waals surface area contributed by atoms with Crippen LogP contribution in [0.1, 0.15) is 11.1 Å². The predicted octanol–water partition coefficient (Wildman–Crippen LogP) is 4.24. The largest absolute Gasteiger partial charge is 0.489 e. The zero-order chi connectivity index (χ0) is 17.1. The molecule has 0 N–H and O–H groups in total. The smallest absolute Gasteiger partial charge is 0.310 e. The molecule has 0 amide bonds. The van der Waals surface area contributed by atoms with Crippen molar-refractivity contribution in [2.45, 2.75) is 13.0 Å². The highest BCUT2D eigenvalue weighted by Crippen LogP contribution is 2.27. The highest BCUT2D eigenvalue weighted by molar-refractivity contribution is 9.10. The number of fused-ring (bicyclic) bond motifs is 1. The van der Waals surface area contributed by atoms with E-state index in [4.69, 9.17) is 9.47 Å². The molecule has 5 heteroatoms. The Hall–Kier alpha value is -2.27. The first-order chi connectivity index (χ1) is 11.6. The second-order valence-electron chi connectivity index (χ2n) is 5.59. The Morgan fingerprint density at radius 1 is 1.21 bits per heavy atom. The number of rotatable bonds is 5. The summed E-state index contributed by atoms with van der Waals surface area (Å²) in [6.07, 6.45) is 2.24. The molecule has 0 spiro atoms. The number of ether oxygens (including phenoxy) is 2. The summed E-state index contributed by atoms with van der Waals surface area (Å²) >= 11 is 3.61. The van der Waals surface area contributed by atoms with Crippen molar-refractivity contribution >= 4 is 32.8 Å². The zero-order valence-corrected chi connectivity index (χ0v) is 15.2. The fraction of sp³-hybridized carbons (Fsp3) is 0.211. The second kappa shape index (κ2) is 7.09. The van der Waals surface area contributed by atoms with E-state index in [9.17, 15) is 4.79 Å². The average Bonchev–Trinajstić information content (AvgIpc) is 2.96. The van der Waals surface area contributed by atoms with Crippen LogP contribution >= 0.6 is 15.9 Å². The van der Waals surface area contributed by atoms with Crippen molar-refractivity contribution in [3.8, 4) is 5.75 Å². The molecule has 3 rings (SSSR count). The number of hydrogen-bond acceptors (Lipinski definition) is 3. The van der Waals surface area contributed by atoms with Crippen molar-refractivity contribution in [2.24, 2.45) is 7.05 Å². The maximum Gasteiger partial charge on any atom is 0.310 e. The number of benzene rings is 2. The standard InChI is InChI=1S/C19H18BrNO3/c1-21-8-7-15-16(20)9-13(10-17(15)21)12-24-18-6-4-3-5-14(18)11-19(22)23-2/h3-10H,11-12H2,1-2H3.